The van der Waals surface area contributed by atoms with Crippen molar-refractivity contribution in [3.63, 3.8) is 0 Å². The van der Waals surface area contributed by atoms with Crippen LogP contribution in [0.1, 0.15) is 38.5 Å². The van der Waals surface area contributed by atoms with Crippen LogP contribution in [0.3, 0.4) is 0 Å². The average Bonchev–Trinajstić information content (AvgIpc) is 3.16. The summed E-state index contributed by atoms with van der Waals surface area (Å²) in [5.41, 5.74) is -0.755. The number of sulfone groups is 1. The molecule has 0 radical (unpaired) electrons. The first-order valence-corrected chi connectivity index (χ1v) is 17.6. The number of nitrogens with zero attached hydrogens (tertiary/aromatic N) is 2. The second kappa shape index (κ2) is 8.94. The zero-order valence-corrected chi connectivity index (χ0v) is 19.9. The Bertz CT molecular complexity index is 807. The summed E-state index contributed by atoms with van der Waals surface area (Å²) in [5.74, 6) is 0.317. The monoisotopic (exact) mass is 494 g/mol. The minimum absolute atomic E-state index is 0.0523. The van der Waals surface area contributed by atoms with Gasteiger partial charge in [0, 0.05) is 0 Å². The van der Waals surface area contributed by atoms with E-state index in [-0.39, 0.29) is 18.2 Å². The first kappa shape index (κ1) is 20.6. The van der Waals surface area contributed by atoms with Gasteiger partial charge in [0.2, 0.25) is 0 Å². The number of allylic oxidation sites excluding steroid dienone is 1. The second-order valence-electron chi connectivity index (χ2n) is 7.57. The molecule has 1 aromatic rings. The molecule has 0 bridgehead atoms. The molecule has 9 heteroatoms. The molecule has 27 heavy (non-hydrogen) atoms. The molecule has 2 aliphatic rings. The normalized spacial score (nSPS) is 19.1. The molecule has 1 fully saturated rings. The summed E-state index contributed by atoms with van der Waals surface area (Å²) in [4.78, 5) is 22.0. The van der Waals surface area contributed by atoms with Crippen molar-refractivity contribution in [2.45, 2.75) is 48.2 Å². The van der Waals surface area contributed by atoms with Crippen molar-refractivity contribution in [1.29, 1.82) is 0 Å². The van der Waals surface area contributed by atoms with E-state index in [1.54, 1.807) is 6.20 Å². The Balaban J connectivity index is 1.73. The number of amides is 1. The van der Waals surface area contributed by atoms with E-state index < -0.39 is 36.8 Å². The third kappa shape index (κ3) is 5.70. The summed E-state index contributed by atoms with van der Waals surface area (Å²) >= 11 is -1.89. The van der Waals surface area contributed by atoms with E-state index in [1.165, 1.54) is 13.9 Å². The number of carbonyl (C=O) groups is 1. The van der Waals surface area contributed by atoms with Crippen LogP contribution in [0.4, 0.5) is 5.95 Å². The fraction of sp³-hybridized carbons (Fsp3) is 0.611. The van der Waals surface area contributed by atoms with Crippen LogP contribution in [0.25, 0.3) is 0 Å². The predicted molar refractivity (Wildman–Crippen MR) is 108 cm³/mol. The van der Waals surface area contributed by atoms with Crippen molar-refractivity contribution in [3.05, 3.63) is 22.2 Å². The van der Waals surface area contributed by atoms with Crippen LogP contribution in [0.2, 0.25) is 4.18 Å². The summed E-state index contributed by atoms with van der Waals surface area (Å²) < 4.78 is 27.5. The Kier molecular flexibility index (Phi) is 6.83. The topological polar surface area (TPSA) is 101 Å². The Labute approximate surface area is 168 Å². The van der Waals surface area contributed by atoms with Gasteiger partial charge < -0.3 is 0 Å². The van der Waals surface area contributed by atoms with Crippen molar-refractivity contribution in [2.75, 3.05) is 23.9 Å². The second-order valence-corrected chi connectivity index (χ2v) is 17.7. The molecule has 1 aliphatic heterocycles. The van der Waals surface area contributed by atoms with Crippen molar-refractivity contribution < 1.29 is 13.2 Å². The summed E-state index contributed by atoms with van der Waals surface area (Å²) in [7, 11) is -3.10. The number of anilines is 1. The van der Waals surface area contributed by atoms with Gasteiger partial charge in [-0.15, -0.1) is 0 Å². The van der Waals surface area contributed by atoms with E-state index in [1.807, 2.05) is 6.07 Å². The molecular weight excluding hydrogens is 467 g/mol. The van der Waals surface area contributed by atoms with Gasteiger partial charge in [-0.05, 0) is 0 Å². The number of rotatable bonds is 7. The fourth-order valence-electron chi connectivity index (χ4n) is 3.82. The molecule has 0 spiro atoms. The zero-order chi connectivity index (χ0) is 19.3. The van der Waals surface area contributed by atoms with Crippen LogP contribution in [-0.2, 0) is 14.6 Å². The number of hydrogen-bond donors (Lipinski definition) is 2. The van der Waals surface area contributed by atoms with Crippen LogP contribution >= 0.6 is 0 Å². The molecule has 3 rings (SSSR count). The predicted octanol–water partition coefficient (Wildman–Crippen LogP) is 0.953. The minimum atomic E-state index is -3.10. The maximum atomic E-state index is 12.9. The molecule has 0 aromatic carbocycles. The molecule has 1 saturated carbocycles. The SMILES string of the molecule is CS(=O)(=O)CCNC(=O)C1(Nc2ncc[c]([In]3[CH]=CC[CH2]3)n2)CCCCC1. The third-order valence-corrected chi connectivity index (χ3v) is 14.2. The third-order valence-electron chi connectivity index (χ3n) is 5.32. The van der Waals surface area contributed by atoms with Crippen LogP contribution in [0.15, 0.2) is 22.2 Å². The van der Waals surface area contributed by atoms with E-state index >= 15 is 0 Å². The Morgan fingerprint density at radius 1 is 1.30 bits per heavy atom. The summed E-state index contributed by atoms with van der Waals surface area (Å²) in [5, 5.41) is 6.14. The molecular formula is C18H27InN4O3S. The van der Waals surface area contributed by atoms with Crippen molar-refractivity contribution in [1.82, 2.24) is 15.3 Å². The number of hydrogen-bond acceptors (Lipinski definition) is 6. The fourth-order valence-corrected chi connectivity index (χ4v) is 11.1. The maximum absolute atomic E-state index is 12.9. The molecule has 2 heterocycles. The van der Waals surface area contributed by atoms with Gasteiger partial charge in [0.25, 0.3) is 0 Å². The summed E-state index contributed by atoms with van der Waals surface area (Å²) in [6.07, 6.45) is 10.8. The van der Waals surface area contributed by atoms with E-state index in [9.17, 15) is 13.2 Å². The zero-order valence-electron chi connectivity index (χ0n) is 15.8. The summed E-state index contributed by atoms with van der Waals surface area (Å²) in [6, 6.07) is 2.02. The first-order valence-electron chi connectivity index (χ1n) is 9.62. The average molecular weight is 494 g/mol. The van der Waals surface area contributed by atoms with E-state index in [0.717, 1.165) is 25.7 Å². The van der Waals surface area contributed by atoms with Gasteiger partial charge in [-0.2, -0.15) is 0 Å². The summed E-state index contributed by atoms with van der Waals surface area (Å²) in [6.45, 7) is 0.130. The van der Waals surface area contributed by atoms with Gasteiger partial charge >= 0.3 is 169 Å². The van der Waals surface area contributed by atoms with Crippen molar-refractivity contribution in [2.24, 2.45) is 0 Å². The van der Waals surface area contributed by atoms with Gasteiger partial charge in [-0.25, -0.2) is 0 Å². The number of aromatic nitrogens is 2. The Hall–Kier alpha value is -1.09. The van der Waals surface area contributed by atoms with Gasteiger partial charge in [-0.1, -0.05) is 0 Å². The molecule has 146 valence electrons. The number of carbonyl (C=O) groups excluding carboxylic acids is 1. The molecule has 7 nitrogen and oxygen atoms in total. The van der Waals surface area contributed by atoms with Gasteiger partial charge in [-0.3, -0.25) is 0 Å². The molecule has 0 saturated heterocycles. The van der Waals surface area contributed by atoms with Gasteiger partial charge in [0.1, 0.15) is 0 Å². The first-order chi connectivity index (χ1) is 12.9. The van der Waals surface area contributed by atoms with E-state index in [4.69, 9.17) is 4.98 Å². The molecule has 1 aliphatic carbocycles. The van der Waals surface area contributed by atoms with Gasteiger partial charge in [0.15, 0.2) is 0 Å². The van der Waals surface area contributed by atoms with Crippen LogP contribution in [-0.4, -0.2) is 69.8 Å². The van der Waals surface area contributed by atoms with Crippen LogP contribution in [0, 0.1) is 0 Å². The van der Waals surface area contributed by atoms with Crippen LogP contribution in [0.5, 0.6) is 0 Å². The van der Waals surface area contributed by atoms with E-state index in [0.29, 0.717) is 18.8 Å². The quantitative estimate of drug-likeness (QED) is 0.586. The van der Waals surface area contributed by atoms with Crippen LogP contribution < -0.4 is 14.1 Å². The Morgan fingerprint density at radius 3 is 2.74 bits per heavy atom. The molecule has 1 aromatic heterocycles. The molecule has 0 unspecified atom stereocenters. The standard InChI is InChI=1S/C14H21N4O3S.C4H6.In/c1-22(20,21)11-10-15-12(19)14(6-3-2-4-7-14)18-13-16-8-5-9-17-13;1-3-4-2;/h5,8H,2-4,6-7,10-11H2,1H3,(H,15,19)(H,16,17,18);1,3H,2,4H2;. The van der Waals surface area contributed by atoms with Crippen molar-refractivity contribution >= 4 is 46.6 Å². The molecule has 0 atom stereocenters. The molecule has 1 amide bonds. The van der Waals surface area contributed by atoms with Gasteiger partial charge in [0.05, 0.1) is 0 Å². The van der Waals surface area contributed by atoms with Crippen molar-refractivity contribution in [3.8, 4) is 0 Å². The van der Waals surface area contributed by atoms with E-state index in [2.05, 4.69) is 25.5 Å². The number of nitrogens with one attached hydrogen (secondary N) is 2. The molecule has 2 N–H and O–H groups in total. The Morgan fingerprint density at radius 2 is 2.07 bits per heavy atom.